The first-order valence-electron chi connectivity index (χ1n) is 6.44. The Hall–Kier alpha value is -1.84. The van der Waals surface area contributed by atoms with Crippen LogP contribution < -0.4 is 5.43 Å². The van der Waals surface area contributed by atoms with Gasteiger partial charge in [0.15, 0.2) is 0 Å². The second-order valence-corrected chi connectivity index (χ2v) is 5.82. The predicted octanol–water partition coefficient (Wildman–Crippen LogP) is 2.97. The zero-order chi connectivity index (χ0) is 14.0. The van der Waals surface area contributed by atoms with Crippen LogP contribution in [0.4, 0.5) is 0 Å². The third kappa shape index (κ3) is 2.95. The summed E-state index contributed by atoms with van der Waals surface area (Å²) in [6.07, 6.45) is 5.24. The molecular weight excluding hydrogens is 240 g/mol. The molecule has 0 bridgehead atoms. The summed E-state index contributed by atoms with van der Waals surface area (Å²) < 4.78 is 5.10. The number of rotatable bonds is 4. The smallest absolute Gasteiger partial charge is 0.244 e. The summed E-state index contributed by atoms with van der Waals surface area (Å²) in [7, 11) is 0. The maximum Gasteiger partial charge on any atom is 0.244 e. The number of furan rings is 1. The molecule has 1 saturated carbocycles. The standard InChI is InChI=1S/C15H20N2O2/c1-10(2)8-12-13(15(12,3)4)14(18)17-16-9-11-6-5-7-19-11/h5-9,12-13H,1-4H3,(H,17,18). The van der Waals surface area contributed by atoms with Crippen molar-refractivity contribution in [1.29, 1.82) is 0 Å². The van der Waals surface area contributed by atoms with E-state index in [1.54, 1.807) is 18.4 Å². The summed E-state index contributed by atoms with van der Waals surface area (Å²) in [6.45, 7) is 8.33. The van der Waals surface area contributed by atoms with Gasteiger partial charge in [-0.05, 0) is 37.3 Å². The molecule has 0 radical (unpaired) electrons. The molecule has 1 heterocycles. The van der Waals surface area contributed by atoms with Gasteiger partial charge in [-0.15, -0.1) is 0 Å². The fourth-order valence-electron chi connectivity index (χ4n) is 2.44. The lowest BCUT2D eigenvalue weighted by atomic mass is 10.1. The zero-order valence-corrected chi connectivity index (χ0v) is 11.8. The molecule has 2 unspecified atom stereocenters. The maximum atomic E-state index is 12.1. The van der Waals surface area contributed by atoms with Gasteiger partial charge in [-0.25, -0.2) is 5.43 Å². The molecule has 0 spiro atoms. The quantitative estimate of drug-likeness (QED) is 0.514. The van der Waals surface area contributed by atoms with Crippen molar-refractivity contribution in [3.8, 4) is 0 Å². The summed E-state index contributed by atoms with van der Waals surface area (Å²) in [6, 6.07) is 3.56. The molecule has 1 fully saturated rings. The van der Waals surface area contributed by atoms with Gasteiger partial charge in [0.05, 0.1) is 18.4 Å². The largest absolute Gasteiger partial charge is 0.463 e. The van der Waals surface area contributed by atoms with E-state index in [0.29, 0.717) is 11.7 Å². The van der Waals surface area contributed by atoms with E-state index in [9.17, 15) is 4.79 Å². The van der Waals surface area contributed by atoms with Crippen LogP contribution in [0, 0.1) is 17.3 Å². The average Bonchev–Trinajstić information content (AvgIpc) is 2.69. The Balaban J connectivity index is 1.93. The Morgan fingerprint density at radius 3 is 2.79 bits per heavy atom. The molecule has 19 heavy (non-hydrogen) atoms. The monoisotopic (exact) mass is 260 g/mol. The summed E-state index contributed by atoms with van der Waals surface area (Å²) >= 11 is 0. The summed E-state index contributed by atoms with van der Waals surface area (Å²) in [5.41, 5.74) is 3.84. The van der Waals surface area contributed by atoms with Crippen LogP contribution in [0.2, 0.25) is 0 Å². The Morgan fingerprint density at radius 2 is 2.21 bits per heavy atom. The lowest BCUT2D eigenvalue weighted by molar-refractivity contribution is -0.123. The van der Waals surface area contributed by atoms with Crippen LogP contribution in [0.15, 0.2) is 39.6 Å². The number of hydrogen-bond donors (Lipinski definition) is 1. The molecule has 1 aromatic heterocycles. The topological polar surface area (TPSA) is 54.6 Å². The van der Waals surface area contributed by atoms with Gasteiger partial charge in [-0.3, -0.25) is 4.79 Å². The number of nitrogens with zero attached hydrogens (tertiary/aromatic N) is 1. The van der Waals surface area contributed by atoms with Crippen molar-refractivity contribution in [2.24, 2.45) is 22.4 Å². The molecule has 1 aromatic rings. The molecule has 1 amide bonds. The predicted molar refractivity (Wildman–Crippen MR) is 74.6 cm³/mol. The van der Waals surface area contributed by atoms with Crippen LogP contribution in [0.25, 0.3) is 0 Å². The van der Waals surface area contributed by atoms with Crippen LogP contribution in [-0.2, 0) is 4.79 Å². The Morgan fingerprint density at radius 1 is 1.47 bits per heavy atom. The maximum absolute atomic E-state index is 12.1. The molecule has 0 aromatic carbocycles. The van der Waals surface area contributed by atoms with E-state index in [-0.39, 0.29) is 17.2 Å². The summed E-state index contributed by atoms with van der Waals surface area (Å²) in [4.78, 5) is 12.1. The van der Waals surface area contributed by atoms with Gasteiger partial charge in [0, 0.05) is 0 Å². The number of allylic oxidation sites excluding steroid dienone is 2. The average molecular weight is 260 g/mol. The van der Waals surface area contributed by atoms with Gasteiger partial charge < -0.3 is 4.42 Å². The fraction of sp³-hybridized carbons (Fsp3) is 0.467. The summed E-state index contributed by atoms with van der Waals surface area (Å²) in [5, 5.41) is 3.92. The minimum Gasteiger partial charge on any atom is -0.463 e. The number of carbonyl (C=O) groups excluding carboxylic acids is 1. The molecule has 1 aliphatic rings. The number of nitrogens with one attached hydrogen (secondary N) is 1. The third-order valence-corrected chi connectivity index (χ3v) is 3.62. The minimum absolute atomic E-state index is 0.00356. The van der Waals surface area contributed by atoms with Crippen molar-refractivity contribution in [2.45, 2.75) is 27.7 Å². The lowest BCUT2D eigenvalue weighted by Crippen LogP contribution is -2.21. The van der Waals surface area contributed by atoms with Gasteiger partial charge >= 0.3 is 0 Å². The number of carbonyl (C=O) groups is 1. The van der Waals surface area contributed by atoms with Crippen molar-refractivity contribution >= 4 is 12.1 Å². The van der Waals surface area contributed by atoms with Gasteiger partial charge in [-0.2, -0.15) is 5.10 Å². The highest BCUT2D eigenvalue weighted by molar-refractivity contribution is 5.85. The third-order valence-electron chi connectivity index (χ3n) is 3.62. The molecule has 1 N–H and O–H groups in total. The first-order chi connectivity index (χ1) is 8.93. The van der Waals surface area contributed by atoms with E-state index in [4.69, 9.17) is 4.42 Å². The molecule has 4 nitrogen and oxygen atoms in total. The normalized spacial score (nSPS) is 24.2. The van der Waals surface area contributed by atoms with E-state index in [1.807, 2.05) is 0 Å². The first kappa shape index (κ1) is 13.6. The summed E-state index contributed by atoms with van der Waals surface area (Å²) in [5.74, 6) is 0.888. The highest BCUT2D eigenvalue weighted by Gasteiger charge is 2.60. The van der Waals surface area contributed by atoms with Crippen LogP contribution >= 0.6 is 0 Å². The van der Waals surface area contributed by atoms with Crippen LogP contribution in [0.3, 0.4) is 0 Å². The Kier molecular flexibility index (Phi) is 3.60. The fourth-order valence-corrected chi connectivity index (χ4v) is 2.44. The molecule has 2 rings (SSSR count). The second-order valence-electron chi connectivity index (χ2n) is 5.82. The second kappa shape index (κ2) is 5.03. The van der Waals surface area contributed by atoms with E-state index >= 15 is 0 Å². The van der Waals surface area contributed by atoms with Crippen LogP contribution in [0.5, 0.6) is 0 Å². The number of hydrogen-bond acceptors (Lipinski definition) is 3. The highest BCUT2D eigenvalue weighted by Crippen LogP contribution is 2.59. The minimum atomic E-state index is -0.0321. The molecular formula is C15H20N2O2. The molecule has 4 heteroatoms. The van der Waals surface area contributed by atoms with E-state index in [1.165, 1.54) is 11.8 Å². The molecule has 102 valence electrons. The van der Waals surface area contributed by atoms with Gasteiger partial charge in [-0.1, -0.05) is 25.5 Å². The molecule has 0 aliphatic heterocycles. The molecule has 1 aliphatic carbocycles. The molecule has 0 saturated heterocycles. The lowest BCUT2D eigenvalue weighted by Gasteiger charge is -2.00. The van der Waals surface area contributed by atoms with Gasteiger partial charge in [0.25, 0.3) is 0 Å². The number of amides is 1. The Bertz CT molecular complexity index is 508. The SMILES string of the molecule is CC(C)=CC1C(C(=O)NN=Cc2ccco2)C1(C)C. The van der Waals surface area contributed by atoms with E-state index in [0.717, 1.165) is 0 Å². The van der Waals surface area contributed by atoms with Gasteiger partial charge in [0.2, 0.25) is 5.91 Å². The van der Waals surface area contributed by atoms with Gasteiger partial charge in [0.1, 0.15) is 5.76 Å². The molecule has 2 atom stereocenters. The number of hydrazone groups is 1. The van der Waals surface area contributed by atoms with Crippen LogP contribution in [-0.4, -0.2) is 12.1 Å². The van der Waals surface area contributed by atoms with E-state index < -0.39 is 0 Å². The van der Waals surface area contributed by atoms with Crippen molar-refractivity contribution < 1.29 is 9.21 Å². The Labute approximate surface area is 113 Å². The van der Waals surface area contributed by atoms with Crippen molar-refractivity contribution in [3.05, 3.63) is 35.8 Å². The zero-order valence-electron chi connectivity index (χ0n) is 11.8. The van der Waals surface area contributed by atoms with Crippen molar-refractivity contribution in [2.75, 3.05) is 0 Å². The van der Waals surface area contributed by atoms with E-state index in [2.05, 4.69) is 44.3 Å². The van der Waals surface area contributed by atoms with Crippen molar-refractivity contribution in [3.63, 3.8) is 0 Å². The highest BCUT2D eigenvalue weighted by atomic mass is 16.3. The van der Waals surface area contributed by atoms with Crippen molar-refractivity contribution in [1.82, 2.24) is 5.43 Å². The van der Waals surface area contributed by atoms with Crippen LogP contribution in [0.1, 0.15) is 33.5 Å². The first-order valence-corrected chi connectivity index (χ1v) is 6.44.